The summed E-state index contributed by atoms with van der Waals surface area (Å²) in [4.78, 5) is 1.99. The fraction of sp³-hybridized carbons (Fsp3) is 0.455. The Morgan fingerprint density at radius 3 is 2.53 bits per heavy atom. The number of benzene rings is 1. The molecule has 0 unspecified atom stereocenters. The maximum absolute atomic E-state index is 11.4. The van der Waals surface area contributed by atoms with Gasteiger partial charge in [-0.25, -0.2) is 8.42 Å². The van der Waals surface area contributed by atoms with E-state index in [-0.39, 0.29) is 11.5 Å². The van der Waals surface area contributed by atoms with Crippen LogP contribution in [0.15, 0.2) is 18.2 Å². The Morgan fingerprint density at radius 1 is 1.29 bits per heavy atom. The molecule has 17 heavy (non-hydrogen) atoms. The third-order valence-electron chi connectivity index (χ3n) is 2.92. The third kappa shape index (κ3) is 2.63. The van der Waals surface area contributed by atoms with E-state index < -0.39 is 9.84 Å². The van der Waals surface area contributed by atoms with Gasteiger partial charge in [0.25, 0.3) is 0 Å². The molecular weight excluding hydrogens is 240 g/mol. The fourth-order valence-corrected chi connectivity index (χ4v) is 3.08. The molecule has 1 aromatic rings. The molecule has 0 aliphatic carbocycles. The second kappa shape index (κ2) is 4.44. The summed E-state index contributed by atoms with van der Waals surface area (Å²) in [5.74, 6) is 1.09. The van der Waals surface area contributed by atoms with Crippen molar-refractivity contribution in [1.82, 2.24) is 0 Å². The van der Waals surface area contributed by atoms with Gasteiger partial charge in [-0.05, 0) is 12.1 Å². The number of hydrogen-bond donors (Lipinski definition) is 1. The fourth-order valence-electron chi connectivity index (χ4n) is 1.88. The number of nitrogen functional groups attached to an aromatic ring is 1. The standard InChI is InChI=1S/C11H16N2O3S/c1-16-9-2-3-10(12)11(8-9)13-4-6-17(14,15)7-5-13/h2-3,8H,4-7,12H2,1H3. The number of anilines is 2. The minimum Gasteiger partial charge on any atom is -0.497 e. The molecule has 6 heteroatoms. The highest BCUT2D eigenvalue weighted by atomic mass is 32.2. The molecular formula is C11H16N2O3S. The normalized spacial score (nSPS) is 19.0. The number of sulfone groups is 1. The van der Waals surface area contributed by atoms with Gasteiger partial charge < -0.3 is 15.4 Å². The lowest BCUT2D eigenvalue weighted by Crippen LogP contribution is -2.40. The molecule has 0 bridgehead atoms. The van der Waals surface area contributed by atoms with Crippen molar-refractivity contribution in [2.75, 3.05) is 42.3 Å². The van der Waals surface area contributed by atoms with Crippen molar-refractivity contribution in [2.24, 2.45) is 0 Å². The molecule has 0 saturated carbocycles. The first-order chi connectivity index (χ1) is 8.02. The zero-order valence-electron chi connectivity index (χ0n) is 9.72. The Morgan fingerprint density at radius 2 is 1.94 bits per heavy atom. The lowest BCUT2D eigenvalue weighted by Gasteiger charge is -2.29. The Balaban J connectivity index is 2.23. The van der Waals surface area contributed by atoms with Crippen LogP contribution in [0.2, 0.25) is 0 Å². The van der Waals surface area contributed by atoms with Crippen molar-refractivity contribution in [1.29, 1.82) is 0 Å². The van der Waals surface area contributed by atoms with Gasteiger partial charge in [0.15, 0.2) is 9.84 Å². The first-order valence-electron chi connectivity index (χ1n) is 5.41. The van der Waals surface area contributed by atoms with Crippen LogP contribution in [0.5, 0.6) is 5.75 Å². The summed E-state index contributed by atoms with van der Waals surface area (Å²) >= 11 is 0. The van der Waals surface area contributed by atoms with Crippen LogP contribution in [-0.2, 0) is 9.84 Å². The molecule has 0 spiro atoms. The van der Waals surface area contributed by atoms with Crippen LogP contribution in [-0.4, -0.2) is 40.1 Å². The summed E-state index contributed by atoms with van der Waals surface area (Å²) in [5.41, 5.74) is 7.39. The van der Waals surface area contributed by atoms with Gasteiger partial charge >= 0.3 is 0 Å². The highest BCUT2D eigenvalue weighted by molar-refractivity contribution is 7.91. The topological polar surface area (TPSA) is 72.6 Å². The highest BCUT2D eigenvalue weighted by Crippen LogP contribution is 2.29. The van der Waals surface area contributed by atoms with Crippen molar-refractivity contribution < 1.29 is 13.2 Å². The summed E-state index contributed by atoms with van der Waals surface area (Å²) in [5, 5.41) is 0. The van der Waals surface area contributed by atoms with Gasteiger partial charge in [0.1, 0.15) is 5.75 Å². The van der Waals surface area contributed by atoms with E-state index in [0.717, 1.165) is 11.4 Å². The van der Waals surface area contributed by atoms with Gasteiger partial charge in [0, 0.05) is 19.2 Å². The van der Waals surface area contributed by atoms with E-state index in [1.54, 1.807) is 19.2 Å². The van der Waals surface area contributed by atoms with E-state index in [0.29, 0.717) is 18.8 Å². The van der Waals surface area contributed by atoms with E-state index >= 15 is 0 Å². The Hall–Kier alpha value is -1.43. The van der Waals surface area contributed by atoms with Crippen LogP contribution in [0.4, 0.5) is 11.4 Å². The van der Waals surface area contributed by atoms with E-state index in [9.17, 15) is 8.42 Å². The number of nitrogens with two attached hydrogens (primary N) is 1. The molecule has 5 nitrogen and oxygen atoms in total. The van der Waals surface area contributed by atoms with Crippen LogP contribution < -0.4 is 15.4 Å². The minimum absolute atomic E-state index is 0.184. The number of hydrogen-bond acceptors (Lipinski definition) is 5. The van der Waals surface area contributed by atoms with Gasteiger partial charge in [-0.3, -0.25) is 0 Å². The lowest BCUT2D eigenvalue weighted by atomic mass is 10.2. The molecule has 1 heterocycles. The van der Waals surface area contributed by atoms with Crippen LogP contribution in [0.3, 0.4) is 0 Å². The number of nitrogens with zero attached hydrogens (tertiary/aromatic N) is 1. The number of methoxy groups -OCH3 is 1. The van der Waals surface area contributed by atoms with Crippen LogP contribution in [0, 0.1) is 0 Å². The van der Waals surface area contributed by atoms with Crippen LogP contribution in [0.25, 0.3) is 0 Å². The molecule has 94 valence electrons. The molecule has 2 rings (SSSR count). The van der Waals surface area contributed by atoms with Gasteiger partial charge in [0.2, 0.25) is 0 Å². The smallest absolute Gasteiger partial charge is 0.153 e. The molecule has 0 atom stereocenters. The van der Waals surface area contributed by atoms with Gasteiger partial charge in [-0.15, -0.1) is 0 Å². The molecule has 1 fully saturated rings. The maximum Gasteiger partial charge on any atom is 0.153 e. The zero-order chi connectivity index (χ0) is 12.5. The molecule has 1 aliphatic heterocycles. The summed E-state index contributed by atoms with van der Waals surface area (Å²) in [7, 11) is -1.27. The van der Waals surface area contributed by atoms with Crippen molar-refractivity contribution in [3.8, 4) is 5.75 Å². The van der Waals surface area contributed by atoms with Gasteiger partial charge in [-0.2, -0.15) is 0 Å². The first kappa shape index (κ1) is 12.0. The largest absolute Gasteiger partial charge is 0.497 e. The summed E-state index contributed by atoms with van der Waals surface area (Å²) in [6, 6.07) is 5.41. The van der Waals surface area contributed by atoms with Crippen molar-refractivity contribution >= 4 is 21.2 Å². The van der Waals surface area contributed by atoms with E-state index in [1.807, 2.05) is 11.0 Å². The first-order valence-corrected chi connectivity index (χ1v) is 7.23. The van der Waals surface area contributed by atoms with E-state index in [4.69, 9.17) is 10.5 Å². The monoisotopic (exact) mass is 256 g/mol. The lowest BCUT2D eigenvalue weighted by molar-refractivity contribution is 0.415. The molecule has 1 saturated heterocycles. The van der Waals surface area contributed by atoms with E-state index in [1.165, 1.54) is 0 Å². The average Bonchev–Trinajstić information content (AvgIpc) is 2.30. The maximum atomic E-state index is 11.4. The SMILES string of the molecule is COc1ccc(N)c(N2CCS(=O)(=O)CC2)c1. The van der Waals surface area contributed by atoms with Gasteiger partial charge in [-0.1, -0.05) is 0 Å². The number of ether oxygens (including phenoxy) is 1. The Labute approximate surface area is 101 Å². The van der Waals surface area contributed by atoms with Gasteiger partial charge in [0.05, 0.1) is 30.0 Å². The second-order valence-corrected chi connectivity index (χ2v) is 6.37. The van der Waals surface area contributed by atoms with Crippen LogP contribution >= 0.6 is 0 Å². The van der Waals surface area contributed by atoms with E-state index in [2.05, 4.69) is 0 Å². The predicted octanol–water partition coefficient (Wildman–Crippen LogP) is 0.512. The Bertz CT molecular complexity index is 499. The minimum atomic E-state index is -2.87. The molecule has 1 aliphatic rings. The van der Waals surface area contributed by atoms with Crippen molar-refractivity contribution in [2.45, 2.75) is 0 Å². The zero-order valence-corrected chi connectivity index (χ0v) is 10.5. The summed E-state index contributed by atoms with van der Waals surface area (Å²) in [6.45, 7) is 0.972. The van der Waals surface area contributed by atoms with Crippen molar-refractivity contribution in [3.63, 3.8) is 0 Å². The highest BCUT2D eigenvalue weighted by Gasteiger charge is 2.23. The molecule has 0 amide bonds. The summed E-state index contributed by atoms with van der Waals surface area (Å²) < 4.78 is 27.8. The quantitative estimate of drug-likeness (QED) is 0.781. The Kier molecular flexibility index (Phi) is 3.15. The molecule has 2 N–H and O–H groups in total. The number of rotatable bonds is 2. The van der Waals surface area contributed by atoms with Crippen LogP contribution in [0.1, 0.15) is 0 Å². The predicted molar refractivity (Wildman–Crippen MR) is 68.3 cm³/mol. The summed E-state index contributed by atoms with van der Waals surface area (Å²) in [6.07, 6.45) is 0. The third-order valence-corrected chi connectivity index (χ3v) is 4.53. The average molecular weight is 256 g/mol. The molecule has 0 aromatic heterocycles. The second-order valence-electron chi connectivity index (χ2n) is 4.06. The molecule has 1 aromatic carbocycles. The van der Waals surface area contributed by atoms with Crippen molar-refractivity contribution in [3.05, 3.63) is 18.2 Å². The molecule has 0 radical (unpaired) electrons.